The van der Waals surface area contributed by atoms with Gasteiger partial charge in [0.25, 0.3) is 5.91 Å². The van der Waals surface area contributed by atoms with Crippen molar-refractivity contribution in [1.82, 2.24) is 10.9 Å². The first-order valence-corrected chi connectivity index (χ1v) is 6.78. The van der Waals surface area contributed by atoms with Crippen LogP contribution in [-0.4, -0.2) is 11.9 Å². The standard InChI is InChI=1S/C16H24N2O/c1-5-13(4)15(11-12(2)3)17-18-16(19)14-9-7-6-8-10-14/h5-10,12-13,15,17H,1,11H2,2-4H3,(H,18,19)/t13-,15+/m0/s1. The molecule has 0 aliphatic carbocycles. The van der Waals surface area contributed by atoms with Crippen molar-refractivity contribution in [1.29, 1.82) is 0 Å². The van der Waals surface area contributed by atoms with Gasteiger partial charge < -0.3 is 0 Å². The van der Waals surface area contributed by atoms with Crippen molar-refractivity contribution in [2.45, 2.75) is 33.2 Å². The number of hydrogen-bond acceptors (Lipinski definition) is 2. The van der Waals surface area contributed by atoms with Gasteiger partial charge in [0.1, 0.15) is 0 Å². The molecule has 19 heavy (non-hydrogen) atoms. The average Bonchev–Trinajstić information content (AvgIpc) is 2.42. The van der Waals surface area contributed by atoms with Crippen LogP contribution >= 0.6 is 0 Å². The Morgan fingerprint density at radius 1 is 1.26 bits per heavy atom. The molecule has 3 nitrogen and oxygen atoms in total. The fourth-order valence-electron chi connectivity index (χ4n) is 1.90. The van der Waals surface area contributed by atoms with Gasteiger partial charge in [0, 0.05) is 11.6 Å². The quantitative estimate of drug-likeness (QED) is 0.584. The van der Waals surface area contributed by atoms with E-state index < -0.39 is 0 Å². The second-order valence-electron chi connectivity index (χ2n) is 5.30. The molecule has 1 aromatic rings. The number of benzene rings is 1. The zero-order chi connectivity index (χ0) is 14.3. The minimum Gasteiger partial charge on any atom is -0.287 e. The van der Waals surface area contributed by atoms with Crippen LogP contribution in [-0.2, 0) is 0 Å². The zero-order valence-electron chi connectivity index (χ0n) is 12.0. The lowest BCUT2D eigenvalue weighted by atomic mass is 9.94. The molecule has 0 fully saturated rings. The van der Waals surface area contributed by atoms with Gasteiger partial charge in [0.2, 0.25) is 0 Å². The average molecular weight is 260 g/mol. The Balaban J connectivity index is 2.56. The van der Waals surface area contributed by atoms with Crippen LogP contribution in [0.15, 0.2) is 43.0 Å². The molecule has 2 atom stereocenters. The van der Waals surface area contributed by atoms with E-state index in [4.69, 9.17) is 0 Å². The summed E-state index contributed by atoms with van der Waals surface area (Å²) < 4.78 is 0. The highest BCUT2D eigenvalue weighted by Gasteiger charge is 2.17. The molecule has 1 rings (SSSR count). The van der Waals surface area contributed by atoms with Crippen LogP contribution in [0.5, 0.6) is 0 Å². The number of hydrazine groups is 1. The molecule has 1 aromatic carbocycles. The maximum atomic E-state index is 11.9. The van der Waals surface area contributed by atoms with Gasteiger partial charge in [-0.15, -0.1) is 6.58 Å². The van der Waals surface area contributed by atoms with Gasteiger partial charge in [-0.2, -0.15) is 0 Å². The van der Waals surface area contributed by atoms with Gasteiger partial charge in [0.15, 0.2) is 0 Å². The molecule has 0 unspecified atom stereocenters. The summed E-state index contributed by atoms with van der Waals surface area (Å²) >= 11 is 0. The van der Waals surface area contributed by atoms with E-state index in [0.717, 1.165) is 6.42 Å². The summed E-state index contributed by atoms with van der Waals surface area (Å²) in [5, 5.41) is 0. The minimum absolute atomic E-state index is 0.106. The number of rotatable bonds is 7. The molecular formula is C16H24N2O. The van der Waals surface area contributed by atoms with Crippen LogP contribution < -0.4 is 10.9 Å². The highest BCUT2D eigenvalue weighted by atomic mass is 16.2. The number of carbonyl (C=O) groups is 1. The Hall–Kier alpha value is -1.61. The summed E-state index contributed by atoms with van der Waals surface area (Å²) in [7, 11) is 0. The van der Waals surface area contributed by atoms with E-state index in [-0.39, 0.29) is 11.9 Å². The monoisotopic (exact) mass is 260 g/mol. The Kier molecular flexibility index (Phi) is 6.30. The predicted molar refractivity (Wildman–Crippen MR) is 79.6 cm³/mol. The largest absolute Gasteiger partial charge is 0.287 e. The molecule has 3 heteroatoms. The Labute approximate surface area is 116 Å². The molecule has 0 heterocycles. The Bertz CT molecular complexity index is 400. The van der Waals surface area contributed by atoms with E-state index >= 15 is 0 Å². The van der Waals surface area contributed by atoms with E-state index in [1.807, 2.05) is 24.3 Å². The molecule has 0 spiro atoms. The highest BCUT2D eigenvalue weighted by Crippen LogP contribution is 2.13. The number of nitrogens with one attached hydrogen (secondary N) is 2. The second kappa shape index (κ2) is 7.74. The topological polar surface area (TPSA) is 41.1 Å². The van der Waals surface area contributed by atoms with Gasteiger partial charge in [-0.3, -0.25) is 10.2 Å². The molecule has 104 valence electrons. The van der Waals surface area contributed by atoms with Crippen LogP contribution in [0.25, 0.3) is 0 Å². The number of amides is 1. The maximum absolute atomic E-state index is 11.9. The Morgan fingerprint density at radius 2 is 1.89 bits per heavy atom. The SMILES string of the molecule is C=C[C@H](C)[C@@H](CC(C)C)NNC(=O)c1ccccc1. The van der Waals surface area contributed by atoms with E-state index in [2.05, 4.69) is 38.2 Å². The molecule has 0 saturated carbocycles. The predicted octanol–water partition coefficient (Wildman–Crippen LogP) is 3.16. The molecule has 0 aromatic heterocycles. The van der Waals surface area contributed by atoms with Crippen molar-refractivity contribution in [3.63, 3.8) is 0 Å². The molecule has 0 saturated heterocycles. The summed E-state index contributed by atoms with van der Waals surface area (Å²) in [6.07, 6.45) is 2.90. The second-order valence-corrected chi connectivity index (χ2v) is 5.30. The van der Waals surface area contributed by atoms with Crippen LogP contribution in [0.1, 0.15) is 37.6 Å². The molecule has 0 aliphatic rings. The third-order valence-corrected chi connectivity index (χ3v) is 3.14. The third-order valence-electron chi connectivity index (χ3n) is 3.14. The lowest BCUT2D eigenvalue weighted by Crippen LogP contribution is -2.47. The molecule has 1 amide bonds. The Morgan fingerprint density at radius 3 is 2.42 bits per heavy atom. The lowest BCUT2D eigenvalue weighted by molar-refractivity contribution is 0.0917. The first kappa shape index (κ1) is 15.4. The molecule has 0 bridgehead atoms. The summed E-state index contributed by atoms with van der Waals surface area (Å²) in [6, 6.07) is 9.40. The van der Waals surface area contributed by atoms with Crippen molar-refractivity contribution >= 4 is 5.91 Å². The zero-order valence-corrected chi connectivity index (χ0v) is 12.0. The first-order valence-electron chi connectivity index (χ1n) is 6.78. The van der Waals surface area contributed by atoms with Gasteiger partial charge in [-0.25, -0.2) is 5.43 Å². The third kappa shape index (κ3) is 5.26. The molecule has 0 radical (unpaired) electrons. The number of carbonyl (C=O) groups excluding carboxylic acids is 1. The normalized spacial score (nSPS) is 13.9. The van der Waals surface area contributed by atoms with E-state index in [1.54, 1.807) is 12.1 Å². The van der Waals surface area contributed by atoms with E-state index in [1.165, 1.54) is 0 Å². The van der Waals surface area contributed by atoms with Crippen molar-refractivity contribution < 1.29 is 4.79 Å². The molecular weight excluding hydrogens is 236 g/mol. The number of hydrogen-bond donors (Lipinski definition) is 2. The van der Waals surface area contributed by atoms with Crippen molar-refractivity contribution in [2.75, 3.05) is 0 Å². The van der Waals surface area contributed by atoms with Crippen LogP contribution in [0.4, 0.5) is 0 Å². The van der Waals surface area contributed by atoms with Gasteiger partial charge >= 0.3 is 0 Å². The lowest BCUT2D eigenvalue weighted by Gasteiger charge is -2.25. The van der Waals surface area contributed by atoms with E-state index in [9.17, 15) is 4.79 Å². The first-order chi connectivity index (χ1) is 9.04. The highest BCUT2D eigenvalue weighted by molar-refractivity contribution is 5.93. The van der Waals surface area contributed by atoms with Crippen molar-refractivity contribution in [2.24, 2.45) is 11.8 Å². The van der Waals surface area contributed by atoms with Crippen LogP contribution in [0, 0.1) is 11.8 Å². The fraction of sp³-hybridized carbons (Fsp3) is 0.438. The molecule has 0 aliphatic heterocycles. The fourth-order valence-corrected chi connectivity index (χ4v) is 1.90. The minimum atomic E-state index is -0.106. The summed E-state index contributed by atoms with van der Waals surface area (Å²) in [5.41, 5.74) is 6.57. The summed E-state index contributed by atoms with van der Waals surface area (Å²) in [5.74, 6) is 0.762. The van der Waals surface area contributed by atoms with Gasteiger partial charge in [0.05, 0.1) is 0 Å². The van der Waals surface area contributed by atoms with Gasteiger partial charge in [-0.05, 0) is 30.4 Å². The smallest absolute Gasteiger partial charge is 0.265 e. The summed E-state index contributed by atoms with van der Waals surface area (Å²) in [6.45, 7) is 10.3. The maximum Gasteiger partial charge on any atom is 0.265 e. The van der Waals surface area contributed by atoms with E-state index in [0.29, 0.717) is 17.4 Å². The van der Waals surface area contributed by atoms with Crippen molar-refractivity contribution in [3.8, 4) is 0 Å². The van der Waals surface area contributed by atoms with Crippen LogP contribution in [0.3, 0.4) is 0 Å². The van der Waals surface area contributed by atoms with Gasteiger partial charge in [-0.1, -0.05) is 45.0 Å². The van der Waals surface area contributed by atoms with Crippen LogP contribution in [0.2, 0.25) is 0 Å². The summed E-state index contributed by atoms with van der Waals surface area (Å²) in [4.78, 5) is 11.9. The van der Waals surface area contributed by atoms with Crippen molar-refractivity contribution in [3.05, 3.63) is 48.6 Å². The molecule has 2 N–H and O–H groups in total.